The van der Waals surface area contributed by atoms with Crippen molar-refractivity contribution in [1.29, 1.82) is 0 Å². The zero-order valence-electron chi connectivity index (χ0n) is 20.2. The van der Waals surface area contributed by atoms with E-state index in [1.807, 2.05) is 43.3 Å². The highest BCUT2D eigenvalue weighted by Crippen LogP contribution is 2.44. The number of hydrogen-bond acceptors (Lipinski definition) is 5. The van der Waals surface area contributed by atoms with Gasteiger partial charge in [0.2, 0.25) is 5.91 Å². The van der Waals surface area contributed by atoms with Gasteiger partial charge in [-0.1, -0.05) is 55.0 Å². The number of fused-ring (bicyclic) bond motifs is 3. The van der Waals surface area contributed by atoms with Crippen LogP contribution in [0.5, 0.6) is 0 Å². The predicted octanol–water partition coefficient (Wildman–Crippen LogP) is 3.21. The van der Waals surface area contributed by atoms with Crippen molar-refractivity contribution in [1.82, 2.24) is 15.5 Å². The Morgan fingerprint density at radius 2 is 1.66 bits per heavy atom. The van der Waals surface area contributed by atoms with E-state index in [9.17, 15) is 19.5 Å². The standard InChI is InChI=1S/C27H33N3O5/c1-30(2)15-24(25(31)28-18-9-7-8-17(14-18)26(32)33)29-27(34)35-16-23-21-12-5-3-10-19(21)20-11-4-6-13-22(20)23/h3-6,10-13,17-18,23-24H,7-9,14-16H2,1-2H3,(H,28,31)(H,29,34)(H,32,33)/t17-,18+,24?/m0/s1. The molecule has 0 saturated heterocycles. The van der Waals surface area contributed by atoms with Crippen LogP contribution >= 0.6 is 0 Å². The Bertz CT molecular complexity index is 1040. The third kappa shape index (κ3) is 5.82. The molecule has 2 aromatic carbocycles. The van der Waals surface area contributed by atoms with Crippen LogP contribution in [0.2, 0.25) is 0 Å². The third-order valence-electron chi connectivity index (χ3n) is 6.87. The smallest absolute Gasteiger partial charge is 0.407 e. The lowest BCUT2D eigenvalue weighted by Crippen LogP contribution is -2.54. The average molecular weight is 480 g/mol. The second kappa shape index (κ2) is 10.9. The maximum absolute atomic E-state index is 13.0. The molecule has 0 heterocycles. The van der Waals surface area contributed by atoms with Crippen molar-refractivity contribution in [3.8, 4) is 11.1 Å². The Hall–Kier alpha value is -3.39. The summed E-state index contributed by atoms with van der Waals surface area (Å²) in [5.74, 6) is -1.67. The molecule has 2 aliphatic rings. The zero-order valence-corrected chi connectivity index (χ0v) is 20.2. The van der Waals surface area contributed by atoms with Gasteiger partial charge in [-0.2, -0.15) is 0 Å². The number of benzene rings is 2. The number of amides is 2. The summed E-state index contributed by atoms with van der Waals surface area (Å²) < 4.78 is 5.61. The van der Waals surface area contributed by atoms with Crippen molar-refractivity contribution < 1.29 is 24.2 Å². The molecule has 0 radical (unpaired) electrons. The van der Waals surface area contributed by atoms with E-state index >= 15 is 0 Å². The van der Waals surface area contributed by atoms with Gasteiger partial charge in [-0.3, -0.25) is 9.59 Å². The number of carboxylic acid groups (broad SMARTS) is 1. The molecule has 2 aliphatic carbocycles. The summed E-state index contributed by atoms with van der Waals surface area (Å²) >= 11 is 0. The molecule has 4 rings (SSSR count). The van der Waals surface area contributed by atoms with E-state index in [-0.39, 0.29) is 24.5 Å². The molecule has 1 unspecified atom stereocenters. The summed E-state index contributed by atoms with van der Waals surface area (Å²) in [6, 6.07) is 15.2. The molecule has 35 heavy (non-hydrogen) atoms. The van der Waals surface area contributed by atoms with Crippen LogP contribution in [0.3, 0.4) is 0 Å². The van der Waals surface area contributed by atoms with Gasteiger partial charge in [0.05, 0.1) is 5.92 Å². The fourth-order valence-corrected chi connectivity index (χ4v) is 5.19. The fourth-order valence-electron chi connectivity index (χ4n) is 5.19. The van der Waals surface area contributed by atoms with Gasteiger partial charge >= 0.3 is 12.1 Å². The lowest BCUT2D eigenvalue weighted by Gasteiger charge is -2.29. The van der Waals surface area contributed by atoms with Gasteiger partial charge in [0.25, 0.3) is 0 Å². The van der Waals surface area contributed by atoms with Gasteiger partial charge in [0.1, 0.15) is 12.6 Å². The number of aliphatic carboxylic acids is 1. The largest absolute Gasteiger partial charge is 0.481 e. The van der Waals surface area contributed by atoms with Crippen molar-refractivity contribution in [3.63, 3.8) is 0 Å². The molecule has 3 atom stereocenters. The highest BCUT2D eigenvalue weighted by Gasteiger charge is 2.32. The summed E-state index contributed by atoms with van der Waals surface area (Å²) in [6.07, 6.45) is 1.86. The molecule has 186 valence electrons. The molecule has 0 aliphatic heterocycles. The van der Waals surface area contributed by atoms with Gasteiger partial charge in [-0.15, -0.1) is 0 Å². The van der Waals surface area contributed by atoms with Crippen LogP contribution in [0.25, 0.3) is 11.1 Å². The number of carboxylic acids is 1. The summed E-state index contributed by atoms with van der Waals surface area (Å²) in [4.78, 5) is 38.9. The Morgan fingerprint density at radius 1 is 1.03 bits per heavy atom. The monoisotopic (exact) mass is 479 g/mol. The van der Waals surface area contributed by atoms with Crippen LogP contribution in [-0.2, 0) is 14.3 Å². The topological polar surface area (TPSA) is 108 Å². The number of carbonyl (C=O) groups is 3. The highest BCUT2D eigenvalue weighted by molar-refractivity contribution is 5.86. The molecule has 8 nitrogen and oxygen atoms in total. The van der Waals surface area contributed by atoms with E-state index in [0.29, 0.717) is 19.4 Å². The van der Waals surface area contributed by atoms with Crippen LogP contribution in [0, 0.1) is 5.92 Å². The quantitative estimate of drug-likeness (QED) is 0.537. The summed E-state index contributed by atoms with van der Waals surface area (Å²) in [5, 5.41) is 15.0. The van der Waals surface area contributed by atoms with Gasteiger partial charge in [-0.25, -0.2) is 4.79 Å². The number of ether oxygens (including phenoxy) is 1. The number of rotatable bonds is 8. The molecule has 0 bridgehead atoms. The molecule has 0 aromatic heterocycles. The summed E-state index contributed by atoms with van der Waals surface area (Å²) in [6.45, 7) is 0.462. The van der Waals surface area contributed by atoms with Gasteiger partial charge in [0, 0.05) is 18.5 Å². The second-order valence-electron chi connectivity index (χ2n) is 9.69. The molecule has 0 spiro atoms. The van der Waals surface area contributed by atoms with Crippen LogP contribution in [-0.4, -0.2) is 67.3 Å². The Morgan fingerprint density at radius 3 is 2.26 bits per heavy atom. The molecule has 1 fully saturated rings. The van der Waals surface area contributed by atoms with E-state index < -0.39 is 24.0 Å². The highest BCUT2D eigenvalue weighted by atomic mass is 16.5. The molecular weight excluding hydrogens is 446 g/mol. The maximum atomic E-state index is 13.0. The first-order valence-corrected chi connectivity index (χ1v) is 12.1. The Labute approximate surface area is 205 Å². The number of likely N-dealkylation sites (N-methyl/N-ethyl adjacent to an activating group) is 1. The molecule has 8 heteroatoms. The van der Waals surface area contributed by atoms with E-state index in [4.69, 9.17) is 4.74 Å². The molecule has 1 saturated carbocycles. The Balaban J connectivity index is 1.38. The fraction of sp³-hybridized carbons (Fsp3) is 0.444. The van der Waals surface area contributed by atoms with E-state index in [2.05, 4.69) is 34.9 Å². The van der Waals surface area contributed by atoms with Crippen molar-refractivity contribution in [3.05, 3.63) is 59.7 Å². The number of alkyl carbamates (subject to hydrolysis) is 1. The normalized spacial score (nSPS) is 20.0. The van der Waals surface area contributed by atoms with E-state index in [1.165, 1.54) is 0 Å². The summed E-state index contributed by atoms with van der Waals surface area (Å²) in [5.41, 5.74) is 4.53. The van der Waals surface area contributed by atoms with Crippen molar-refractivity contribution in [2.24, 2.45) is 5.92 Å². The van der Waals surface area contributed by atoms with Crippen LogP contribution in [0.15, 0.2) is 48.5 Å². The first-order chi connectivity index (χ1) is 16.8. The molecule has 2 amide bonds. The SMILES string of the molecule is CN(C)CC(NC(=O)OCC1c2ccccc2-c2ccccc21)C(=O)N[C@@H]1CCC[C@H](C(=O)O)C1. The van der Waals surface area contributed by atoms with Crippen molar-refractivity contribution in [2.75, 3.05) is 27.2 Å². The Kier molecular flexibility index (Phi) is 7.70. The maximum Gasteiger partial charge on any atom is 0.407 e. The lowest BCUT2D eigenvalue weighted by atomic mass is 9.85. The van der Waals surface area contributed by atoms with Crippen LogP contribution < -0.4 is 10.6 Å². The minimum atomic E-state index is -0.828. The number of nitrogens with one attached hydrogen (secondary N) is 2. The minimum absolute atomic E-state index is 0.0653. The molecule has 2 aromatic rings. The van der Waals surface area contributed by atoms with Crippen molar-refractivity contribution >= 4 is 18.0 Å². The van der Waals surface area contributed by atoms with Crippen LogP contribution in [0.1, 0.15) is 42.7 Å². The van der Waals surface area contributed by atoms with E-state index in [1.54, 1.807) is 0 Å². The lowest BCUT2D eigenvalue weighted by molar-refractivity contribution is -0.143. The minimum Gasteiger partial charge on any atom is -0.481 e. The van der Waals surface area contributed by atoms with Crippen LogP contribution in [0.4, 0.5) is 4.79 Å². The van der Waals surface area contributed by atoms with Crippen molar-refractivity contribution in [2.45, 2.75) is 43.7 Å². The van der Waals surface area contributed by atoms with E-state index in [0.717, 1.165) is 35.1 Å². The number of hydrogen-bond donors (Lipinski definition) is 3. The summed E-state index contributed by atoms with van der Waals surface area (Å²) in [7, 11) is 3.64. The molecule has 3 N–H and O–H groups in total. The second-order valence-corrected chi connectivity index (χ2v) is 9.69. The first-order valence-electron chi connectivity index (χ1n) is 12.1. The molecular formula is C27H33N3O5. The zero-order chi connectivity index (χ0) is 24.9. The first kappa shape index (κ1) is 24.7. The predicted molar refractivity (Wildman–Crippen MR) is 132 cm³/mol. The number of nitrogens with zero attached hydrogens (tertiary/aromatic N) is 1. The van der Waals surface area contributed by atoms with Gasteiger partial charge in [-0.05, 0) is 55.6 Å². The van der Waals surface area contributed by atoms with Gasteiger partial charge in [0.15, 0.2) is 0 Å². The van der Waals surface area contributed by atoms with Gasteiger partial charge < -0.3 is 25.4 Å². The third-order valence-corrected chi connectivity index (χ3v) is 6.87. The average Bonchev–Trinajstić information content (AvgIpc) is 3.16. The number of carbonyl (C=O) groups excluding carboxylic acids is 2.